The Bertz CT molecular complexity index is 229. The normalized spacial score (nSPS) is 39.2. The minimum Gasteiger partial charge on any atom is -0.302 e. The summed E-state index contributed by atoms with van der Waals surface area (Å²) >= 11 is 0. The van der Waals surface area contributed by atoms with E-state index < -0.39 is 14.6 Å². The van der Waals surface area contributed by atoms with Gasteiger partial charge in [-0.15, -0.1) is 0 Å². The van der Waals surface area contributed by atoms with E-state index in [-0.39, 0.29) is 5.75 Å². The van der Waals surface area contributed by atoms with Crippen LogP contribution in [0.4, 0.5) is 0 Å². The zero-order valence-corrected chi connectivity index (χ0v) is 5.94. The van der Waals surface area contributed by atoms with Gasteiger partial charge in [-0.2, -0.15) is 0 Å². The first-order valence-electron chi connectivity index (χ1n) is 2.70. The summed E-state index contributed by atoms with van der Waals surface area (Å²) in [5.41, 5.74) is 0. The van der Waals surface area contributed by atoms with Crippen molar-refractivity contribution in [2.24, 2.45) is 0 Å². The Morgan fingerprint density at radius 1 is 1.56 bits per heavy atom. The van der Waals surface area contributed by atoms with Crippen LogP contribution in [0.1, 0.15) is 13.3 Å². The summed E-state index contributed by atoms with van der Waals surface area (Å²) in [6, 6.07) is 0. The van der Waals surface area contributed by atoms with Crippen molar-refractivity contribution in [1.29, 1.82) is 0 Å². The predicted octanol–water partition coefficient (Wildman–Crippen LogP) is -0.237. The largest absolute Gasteiger partial charge is 0.302 e. The van der Waals surface area contributed by atoms with Gasteiger partial charge < -0.3 is 4.79 Å². The SMILES string of the molecule is CC1(C=O)CCS1(=O)=O. The molecule has 0 saturated carbocycles. The lowest BCUT2D eigenvalue weighted by Crippen LogP contribution is -2.49. The number of sulfone groups is 1. The van der Waals surface area contributed by atoms with Crippen molar-refractivity contribution in [3.63, 3.8) is 0 Å². The van der Waals surface area contributed by atoms with E-state index in [1.54, 1.807) is 0 Å². The van der Waals surface area contributed by atoms with Crippen LogP contribution in [0.3, 0.4) is 0 Å². The second-order valence-corrected chi connectivity index (χ2v) is 5.07. The van der Waals surface area contributed by atoms with Crippen LogP contribution < -0.4 is 0 Å². The Kier molecular flexibility index (Phi) is 1.17. The maximum absolute atomic E-state index is 10.7. The molecular weight excluding hydrogens is 140 g/mol. The summed E-state index contributed by atoms with van der Waals surface area (Å²) < 4.78 is 20.4. The van der Waals surface area contributed by atoms with Crippen molar-refractivity contribution in [2.45, 2.75) is 18.1 Å². The molecule has 1 aliphatic heterocycles. The fourth-order valence-electron chi connectivity index (χ4n) is 0.723. The molecule has 1 heterocycles. The van der Waals surface area contributed by atoms with Crippen LogP contribution >= 0.6 is 0 Å². The van der Waals surface area contributed by atoms with E-state index in [1.165, 1.54) is 6.92 Å². The highest BCUT2D eigenvalue weighted by Crippen LogP contribution is 2.30. The zero-order valence-electron chi connectivity index (χ0n) is 5.12. The van der Waals surface area contributed by atoms with E-state index in [9.17, 15) is 13.2 Å². The minimum atomic E-state index is -3.04. The van der Waals surface area contributed by atoms with E-state index >= 15 is 0 Å². The summed E-state index contributed by atoms with van der Waals surface area (Å²) in [4.78, 5) is 10.1. The average molecular weight is 148 g/mol. The standard InChI is InChI=1S/C5H8O3S/c1-5(4-6)2-3-9(5,7)8/h4H,2-3H2,1H3. The summed E-state index contributed by atoms with van der Waals surface area (Å²) in [7, 11) is -3.04. The number of hydrogen-bond acceptors (Lipinski definition) is 3. The quantitative estimate of drug-likeness (QED) is 0.482. The molecule has 0 bridgehead atoms. The van der Waals surface area contributed by atoms with E-state index in [4.69, 9.17) is 0 Å². The third kappa shape index (κ3) is 0.694. The highest BCUT2D eigenvalue weighted by molar-refractivity contribution is 7.94. The van der Waals surface area contributed by atoms with Gasteiger partial charge >= 0.3 is 0 Å². The molecule has 0 amide bonds. The van der Waals surface area contributed by atoms with Gasteiger partial charge in [0.2, 0.25) is 0 Å². The molecule has 0 N–H and O–H groups in total. The molecule has 0 spiro atoms. The van der Waals surface area contributed by atoms with E-state index in [2.05, 4.69) is 0 Å². The van der Waals surface area contributed by atoms with Crippen molar-refractivity contribution in [3.05, 3.63) is 0 Å². The molecule has 0 aromatic heterocycles. The van der Waals surface area contributed by atoms with Gasteiger partial charge in [0.25, 0.3) is 0 Å². The smallest absolute Gasteiger partial charge is 0.162 e. The molecule has 3 nitrogen and oxygen atoms in total. The van der Waals surface area contributed by atoms with Crippen LogP contribution in [0.15, 0.2) is 0 Å². The molecule has 9 heavy (non-hydrogen) atoms. The summed E-state index contributed by atoms with van der Waals surface area (Å²) in [6.07, 6.45) is 1.00. The number of rotatable bonds is 1. The Morgan fingerprint density at radius 3 is 2.11 bits per heavy atom. The first kappa shape index (κ1) is 6.74. The second kappa shape index (κ2) is 1.56. The topological polar surface area (TPSA) is 51.2 Å². The van der Waals surface area contributed by atoms with Gasteiger partial charge in [0, 0.05) is 0 Å². The maximum atomic E-state index is 10.7. The van der Waals surface area contributed by atoms with Crippen LogP contribution in [0, 0.1) is 0 Å². The average Bonchev–Trinajstić information content (AvgIpc) is 1.84. The fraction of sp³-hybridized carbons (Fsp3) is 0.800. The highest BCUT2D eigenvalue weighted by Gasteiger charge is 2.47. The van der Waals surface area contributed by atoms with Crippen molar-refractivity contribution in [3.8, 4) is 0 Å². The van der Waals surface area contributed by atoms with E-state index in [0.717, 1.165) is 0 Å². The zero-order chi connectivity index (χ0) is 7.12. The Morgan fingerprint density at radius 2 is 2.11 bits per heavy atom. The van der Waals surface area contributed by atoms with Crippen molar-refractivity contribution in [2.75, 3.05) is 5.75 Å². The lowest BCUT2D eigenvalue weighted by atomic mass is 10.1. The number of hydrogen-bond donors (Lipinski definition) is 0. The van der Waals surface area contributed by atoms with Gasteiger partial charge in [0.15, 0.2) is 9.84 Å². The van der Waals surface area contributed by atoms with Crippen LogP contribution in [-0.4, -0.2) is 25.2 Å². The highest BCUT2D eigenvalue weighted by atomic mass is 32.2. The summed E-state index contributed by atoms with van der Waals surface area (Å²) in [5.74, 6) is 0.169. The molecule has 52 valence electrons. The van der Waals surface area contributed by atoms with E-state index in [1.807, 2.05) is 0 Å². The van der Waals surface area contributed by atoms with Gasteiger partial charge in [-0.05, 0) is 13.3 Å². The van der Waals surface area contributed by atoms with Crippen LogP contribution in [0.5, 0.6) is 0 Å². The molecule has 1 unspecified atom stereocenters. The van der Waals surface area contributed by atoms with Crippen molar-refractivity contribution >= 4 is 16.1 Å². The molecule has 1 fully saturated rings. The monoisotopic (exact) mass is 148 g/mol. The summed E-state index contributed by atoms with van der Waals surface area (Å²) in [5, 5.41) is 0. The number of aldehydes is 1. The van der Waals surface area contributed by atoms with Gasteiger partial charge in [-0.25, -0.2) is 8.42 Å². The Hall–Kier alpha value is -0.380. The second-order valence-electron chi connectivity index (χ2n) is 2.50. The predicted molar refractivity (Wildman–Crippen MR) is 32.9 cm³/mol. The van der Waals surface area contributed by atoms with Crippen LogP contribution in [0.2, 0.25) is 0 Å². The summed E-state index contributed by atoms with van der Waals surface area (Å²) in [6.45, 7) is 1.46. The Balaban J connectivity index is 3.00. The fourth-order valence-corrected chi connectivity index (χ4v) is 2.05. The van der Waals surface area contributed by atoms with Gasteiger partial charge in [0.05, 0.1) is 5.75 Å². The Labute approximate surface area is 54.0 Å². The van der Waals surface area contributed by atoms with Crippen molar-refractivity contribution in [1.82, 2.24) is 0 Å². The van der Waals surface area contributed by atoms with Crippen LogP contribution in [0.25, 0.3) is 0 Å². The van der Waals surface area contributed by atoms with Crippen molar-refractivity contribution < 1.29 is 13.2 Å². The lowest BCUT2D eigenvalue weighted by molar-refractivity contribution is -0.110. The molecular formula is C5H8O3S. The molecule has 1 rings (SSSR count). The minimum absolute atomic E-state index is 0.169. The van der Waals surface area contributed by atoms with E-state index in [0.29, 0.717) is 12.7 Å². The molecule has 0 radical (unpaired) electrons. The first-order valence-corrected chi connectivity index (χ1v) is 4.36. The van der Waals surface area contributed by atoms with Crippen LogP contribution in [-0.2, 0) is 14.6 Å². The third-order valence-corrected chi connectivity index (χ3v) is 4.29. The number of carbonyl (C=O) groups is 1. The molecule has 1 atom stereocenters. The van der Waals surface area contributed by atoms with Gasteiger partial charge in [-0.1, -0.05) is 0 Å². The molecule has 1 aliphatic rings. The molecule has 0 aromatic carbocycles. The molecule has 1 saturated heterocycles. The molecule has 0 aliphatic carbocycles. The third-order valence-electron chi connectivity index (χ3n) is 1.83. The van der Waals surface area contributed by atoms with Gasteiger partial charge in [0.1, 0.15) is 11.0 Å². The first-order chi connectivity index (χ1) is 4.02. The number of carbonyl (C=O) groups excluding carboxylic acids is 1. The lowest BCUT2D eigenvalue weighted by Gasteiger charge is -2.31. The molecule has 4 heteroatoms. The van der Waals surface area contributed by atoms with Gasteiger partial charge in [-0.3, -0.25) is 0 Å². The maximum Gasteiger partial charge on any atom is 0.162 e. The molecule has 0 aromatic rings.